The van der Waals surface area contributed by atoms with E-state index in [1.165, 1.54) is 22.8 Å². The van der Waals surface area contributed by atoms with Crippen LogP contribution >= 0.6 is 0 Å². The Morgan fingerprint density at radius 3 is 2.27 bits per heavy atom. The lowest BCUT2D eigenvalue weighted by Gasteiger charge is -2.26. The number of alkyl halides is 3. The molecule has 2 unspecified atom stereocenters. The maximum atomic E-state index is 13.9. The molecule has 0 radical (unpaired) electrons. The molecule has 1 heterocycles. The Labute approximate surface area is 234 Å². The van der Waals surface area contributed by atoms with Crippen molar-refractivity contribution < 1.29 is 41.7 Å². The Kier molecular flexibility index (Phi) is 8.74. The highest BCUT2D eigenvalue weighted by atomic mass is 19.4. The molecule has 4 rings (SSSR count). The van der Waals surface area contributed by atoms with Gasteiger partial charge in [0, 0.05) is 33.0 Å². The normalized spacial score (nSPS) is 16.9. The Bertz CT molecular complexity index is 1370. The third-order valence-electron chi connectivity index (χ3n) is 6.99. The number of amides is 2. The van der Waals surface area contributed by atoms with Crippen LogP contribution in [0, 0.1) is 5.82 Å². The summed E-state index contributed by atoms with van der Waals surface area (Å²) in [6.45, 7) is 2.10. The fourth-order valence-corrected chi connectivity index (χ4v) is 4.67. The van der Waals surface area contributed by atoms with Gasteiger partial charge in [-0.05, 0) is 54.4 Å². The lowest BCUT2D eigenvalue weighted by molar-refractivity contribution is -0.153. The summed E-state index contributed by atoms with van der Waals surface area (Å²) in [5.74, 6) is -1.44. The second-order valence-corrected chi connectivity index (χ2v) is 10.1. The minimum absolute atomic E-state index is 0.0136. The topological polar surface area (TPSA) is 79.3 Å². The fraction of sp³-hybridized carbons (Fsp3) is 0.333. The van der Waals surface area contributed by atoms with E-state index in [0.717, 1.165) is 11.6 Å². The van der Waals surface area contributed by atoms with Gasteiger partial charge in [0.1, 0.15) is 17.3 Å². The Morgan fingerprint density at radius 2 is 1.66 bits per heavy atom. The van der Waals surface area contributed by atoms with Crippen molar-refractivity contribution >= 4 is 12.0 Å². The first-order valence-electron chi connectivity index (χ1n) is 12.9. The number of para-hydroxylation sites is 1. The summed E-state index contributed by atoms with van der Waals surface area (Å²) in [5, 5.41) is 9.78. The quantitative estimate of drug-likeness (QED) is 0.284. The van der Waals surface area contributed by atoms with Gasteiger partial charge in [0.2, 0.25) is 5.60 Å². The minimum atomic E-state index is -4.78. The summed E-state index contributed by atoms with van der Waals surface area (Å²) in [5.41, 5.74) is -1.80. The van der Waals surface area contributed by atoms with Crippen LogP contribution in [-0.2, 0) is 23.9 Å². The minimum Gasteiger partial charge on any atom is -0.494 e. The Hall–Kier alpha value is -4.28. The van der Waals surface area contributed by atoms with E-state index in [1.54, 1.807) is 55.6 Å². The Morgan fingerprint density at radius 1 is 1.00 bits per heavy atom. The number of nitrogens with zero attached hydrogens (tertiary/aromatic N) is 2. The van der Waals surface area contributed by atoms with Crippen LogP contribution in [0.25, 0.3) is 0 Å². The number of carbonyl (C=O) groups is 2. The van der Waals surface area contributed by atoms with E-state index in [9.17, 15) is 32.3 Å². The van der Waals surface area contributed by atoms with Crippen molar-refractivity contribution in [3.8, 4) is 11.5 Å². The average molecular weight is 575 g/mol. The predicted octanol–water partition coefficient (Wildman–Crippen LogP) is 6.01. The number of hydrogen-bond acceptors (Lipinski definition) is 4. The molecule has 1 aliphatic heterocycles. The maximum Gasteiger partial charge on any atom is 0.419 e. The number of carboxylic acids is 1. The van der Waals surface area contributed by atoms with Crippen LogP contribution in [0.5, 0.6) is 11.5 Å². The molecule has 2 atom stereocenters. The number of carbonyl (C=O) groups excluding carboxylic acids is 1. The van der Waals surface area contributed by atoms with Crippen molar-refractivity contribution in [2.75, 3.05) is 20.2 Å². The van der Waals surface area contributed by atoms with Gasteiger partial charge in [-0.25, -0.2) is 14.0 Å². The number of likely N-dealkylation sites (N-methyl/N-ethyl adjacent to an activating group) is 1. The molecule has 1 fully saturated rings. The third-order valence-corrected chi connectivity index (χ3v) is 6.99. The number of ether oxygens (including phenoxy) is 2. The van der Waals surface area contributed by atoms with E-state index >= 15 is 0 Å². The van der Waals surface area contributed by atoms with Gasteiger partial charge in [0.15, 0.2) is 0 Å². The smallest absolute Gasteiger partial charge is 0.419 e. The molecule has 11 heteroatoms. The van der Waals surface area contributed by atoms with Gasteiger partial charge in [0.25, 0.3) is 0 Å². The molecular formula is C30H30F4N2O5. The summed E-state index contributed by atoms with van der Waals surface area (Å²) >= 11 is 0. The number of halogens is 4. The van der Waals surface area contributed by atoms with Crippen molar-refractivity contribution in [3.63, 3.8) is 0 Å². The largest absolute Gasteiger partial charge is 0.494 e. The van der Waals surface area contributed by atoms with E-state index < -0.39 is 29.1 Å². The third kappa shape index (κ3) is 7.27. The fourth-order valence-electron chi connectivity index (χ4n) is 4.67. The van der Waals surface area contributed by atoms with Crippen molar-refractivity contribution in [2.24, 2.45) is 0 Å². The number of rotatable bonds is 11. The van der Waals surface area contributed by atoms with Crippen molar-refractivity contribution in [1.82, 2.24) is 9.80 Å². The Balaban J connectivity index is 1.29. The second kappa shape index (κ2) is 12.1. The monoisotopic (exact) mass is 574 g/mol. The summed E-state index contributed by atoms with van der Waals surface area (Å²) in [7, 11) is 1.63. The second-order valence-electron chi connectivity index (χ2n) is 10.1. The van der Waals surface area contributed by atoms with Crippen LogP contribution < -0.4 is 9.47 Å². The van der Waals surface area contributed by atoms with Gasteiger partial charge in [-0.3, -0.25) is 0 Å². The molecule has 1 N–H and O–H groups in total. The van der Waals surface area contributed by atoms with Gasteiger partial charge < -0.3 is 24.4 Å². The number of benzene rings is 3. The van der Waals surface area contributed by atoms with E-state index in [2.05, 4.69) is 0 Å². The zero-order chi connectivity index (χ0) is 29.8. The molecule has 0 saturated carbocycles. The highest BCUT2D eigenvalue weighted by Gasteiger charge is 2.37. The van der Waals surface area contributed by atoms with Gasteiger partial charge in [-0.1, -0.05) is 36.4 Å². The van der Waals surface area contributed by atoms with E-state index in [0.29, 0.717) is 30.5 Å². The van der Waals surface area contributed by atoms with Crippen molar-refractivity contribution in [3.05, 3.63) is 95.3 Å². The zero-order valence-electron chi connectivity index (χ0n) is 22.5. The highest BCUT2D eigenvalue weighted by molar-refractivity contribution is 5.78. The van der Waals surface area contributed by atoms with Crippen LogP contribution in [0.3, 0.4) is 0 Å². The number of aliphatic carboxylic acids is 1. The summed E-state index contributed by atoms with van der Waals surface area (Å²) in [6.07, 6.45) is -4.16. The lowest BCUT2D eigenvalue weighted by Crippen LogP contribution is -2.43. The van der Waals surface area contributed by atoms with Gasteiger partial charge in [-0.2, -0.15) is 13.2 Å². The first kappa shape index (κ1) is 29.7. The van der Waals surface area contributed by atoms with Crippen LogP contribution in [-0.4, -0.2) is 58.7 Å². The van der Waals surface area contributed by atoms with Gasteiger partial charge >= 0.3 is 18.2 Å². The molecule has 7 nitrogen and oxygen atoms in total. The molecule has 2 amide bonds. The highest BCUT2D eigenvalue weighted by Crippen LogP contribution is 2.32. The molecular weight excluding hydrogens is 544 g/mol. The van der Waals surface area contributed by atoms with E-state index in [4.69, 9.17) is 9.47 Å². The SMILES string of the molecule is CN1C(=O)N(Cc2ccc(C(F)(F)F)c(F)c2)CC1CCOc1ccc(CC(C)(Oc2ccccc2)C(=O)O)cc1. The molecule has 1 saturated heterocycles. The molecule has 0 aliphatic carbocycles. The standard InChI is InChI=1S/C30H30F4N2O5/c1-29(27(37)38,41-24-6-4-3-5-7-24)17-20-8-11-23(12-9-20)40-15-14-22-19-36(28(39)35(22)2)18-21-10-13-25(26(31)16-21)30(32,33)34/h3-13,16,22H,14-15,17-19H2,1-2H3,(H,37,38). The van der Waals surface area contributed by atoms with Crippen LogP contribution in [0.4, 0.5) is 22.4 Å². The molecule has 3 aromatic rings. The zero-order valence-corrected chi connectivity index (χ0v) is 22.5. The van der Waals surface area contributed by atoms with Crippen molar-refractivity contribution in [2.45, 2.75) is 44.1 Å². The first-order valence-corrected chi connectivity index (χ1v) is 12.9. The molecule has 3 aromatic carbocycles. The van der Waals surface area contributed by atoms with Crippen LogP contribution in [0.15, 0.2) is 72.8 Å². The summed E-state index contributed by atoms with van der Waals surface area (Å²) in [4.78, 5) is 27.6. The molecule has 0 spiro atoms. The summed E-state index contributed by atoms with van der Waals surface area (Å²) in [6, 6.07) is 17.9. The van der Waals surface area contributed by atoms with Gasteiger partial charge in [0.05, 0.1) is 18.2 Å². The molecule has 1 aliphatic rings. The van der Waals surface area contributed by atoms with Crippen molar-refractivity contribution in [1.29, 1.82) is 0 Å². The van der Waals surface area contributed by atoms with Gasteiger partial charge in [-0.15, -0.1) is 0 Å². The number of hydrogen-bond donors (Lipinski definition) is 1. The number of urea groups is 1. The summed E-state index contributed by atoms with van der Waals surface area (Å²) < 4.78 is 64.0. The molecule has 0 bridgehead atoms. The van der Waals surface area contributed by atoms with E-state index in [1.807, 2.05) is 6.07 Å². The van der Waals surface area contributed by atoms with Crippen LogP contribution in [0.2, 0.25) is 0 Å². The van der Waals surface area contributed by atoms with E-state index in [-0.39, 0.29) is 37.2 Å². The van der Waals surface area contributed by atoms with Crippen LogP contribution in [0.1, 0.15) is 30.0 Å². The first-order chi connectivity index (χ1) is 19.4. The number of carboxylic acid groups (broad SMARTS) is 1. The molecule has 218 valence electrons. The maximum absolute atomic E-state index is 13.9. The molecule has 0 aromatic heterocycles. The molecule has 41 heavy (non-hydrogen) atoms. The predicted molar refractivity (Wildman–Crippen MR) is 142 cm³/mol. The average Bonchev–Trinajstić information content (AvgIpc) is 3.17. The lowest BCUT2D eigenvalue weighted by atomic mass is 9.96.